The molecular formula is C38H66F18N14Ni2O18S6. The molecule has 0 aromatic heterocycles. The van der Waals surface area contributed by atoms with Gasteiger partial charge in [0.15, 0.2) is 60.7 Å². The zero-order valence-corrected chi connectivity index (χ0v) is 56.9. The van der Waals surface area contributed by atoms with Gasteiger partial charge in [-0.05, 0) is 78.0 Å². The Kier molecular flexibility index (Phi) is 92.0. The number of nitrogens with one attached hydrogen (secondary N) is 8. The molecule has 2 heterocycles. The average molecular weight is 1660 g/mol. The van der Waals surface area contributed by atoms with Crippen LogP contribution in [0, 0.1) is 68.0 Å². The largest absolute Gasteiger partial charge is 3.00 e. The molecule has 0 aliphatic carbocycles. The summed E-state index contributed by atoms with van der Waals surface area (Å²) >= 11 is 0. The van der Waals surface area contributed by atoms with Crippen LogP contribution in [0.2, 0.25) is 0 Å². The van der Waals surface area contributed by atoms with Crippen molar-refractivity contribution in [3.8, 4) is 36.4 Å². The van der Waals surface area contributed by atoms with Crippen molar-refractivity contribution >= 4 is 60.7 Å². The summed E-state index contributed by atoms with van der Waals surface area (Å²) < 4.78 is 353. The van der Waals surface area contributed by atoms with Gasteiger partial charge in [0, 0.05) is 93.9 Å². The minimum atomic E-state index is -6.09. The zero-order valence-electron chi connectivity index (χ0n) is 50.1. The molecule has 2 fully saturated rings. The van der Waals surface area contributed by atoms with Crippen molar-refractivity contribution in [1.29, 1.82) is 31.6 Å². The van der Waals surface area contributed by atoms with Gasteiger partial charge in [-0.3, -0.25) is 0 Å². The van der Waals surface area contributed by atoms with E-state index >= 15 is 0 Å². The van der Waals surface area contributed by atoms with Gasteiger partial charge in [-0.15, -0.1) is 0 Å². The first-order chi connectivity index (χ1) is 42.0. The third kappa shape index (κ3) is 117. The molecule has 8 N–H and O–H groups in total. The van der Waals surface area contributed by atoms with Crippen molar-refractivity contribution in [3.05, 3.63) is 0 Å². The maximum absolute atomic E-state index is 10.7. The van der Waals surface area contributed by atoms with Crippen LogP contribution in [0.25, 0.3) is 0 Å². The van der Waals surface area contributed by atoms with E-state index in [0.717, 1.165) is 105 Å². The molecule has 0 spiro atoms. The van der Waals surface area contributed by atoms with Gasteiger partial charge in [-0.2, -0.15) is 111 Å². The topological polar surface area (TPSA) is 582 Å². The Hall–Kier alpha value is -4.19. The molecule has 2 saturated heterocycles. The number of rotatable bonds is 0. The van der Waals surface area contributed by atoms with Crippen molar-refractivity contribution in [1.82, 2.24) is 42.5 Å². The van der Waals surface area contributed by atoms with Gasteiger partial charge in [-0.1, -0.05) is 0 Å². The minimum Gasteiger partial charge on any atom is -0.741 e. The first kappa shape index (κ1) is 125. The Bertz CT molecular complexity index is 2260. The van der Waals surface area contributed by atoms with E-state index in [4.69, 9.17) is 109 Å². The fourth-order valence-corrected chi connectivity index (χ4v) is 3.06. The minimum absolute atomic E-state index is 0. The standard InChI is InChI=1S/2C10H24N4.6C2H3N.6CHF3O3S.2Ni/c2*1-3-11-7-9-13-5-2-6-14-10-8-12-4-1;6*1-2-3;6*2-1(3,4)8(5,6)7;;/h2*11-14H,1-10H2;6*1H3;6*(H,5,6,7);;/q;;;;;;;;;;;;;;2*+3/p-6. The van der Waals surface area contributed by atoms with E-state index in [9.17, 15) is 79.0 Å². The molecule has 0 bridgehead atoms. The first-order valence-electron chi connectivity index (χ1n) is 23.6. The summed E-state index contributed by atoms with van der Waals surface area (Å²) in [6.45, 7) is 26.3. The molecule has 58 heteroatoms. The van der Waals surface area contributed by atoms with E-state index in [1.54, 1.807) is 36.4 Å². The van der Waals surface area contributed by atoms with E-state index in [1.165, 1.54) is 67.2 Å². The number of halogens is 18. The number of hydrogen-bond acceptors (Lipinski definition) is 32. The van der Waals surface area contributed by atoms with Crippen LogP contribution in [-0.2, 0) is 93.7 Å². The smallest absolute Gasteiger partial charge is 0.741 e. The van der Waals surface area contributed by atoms with E-state index in [-0.39, 0.29) is 33.0 Å². The van der Waals surface area contributed by atoms with Crippen LogP contribution in [0.5, 0.6) is 0 Å². The molecule has 0 amide bonds. The van der Waals surface area contributed by atoms with Crippen LogP contribution in [0.1, 0.15) is 67.2 Å². The molecule has 2 rings (SSSR count). The molecule has 0 saturated carbocycles. The van der Waals surface area contributed by atoms with E-state index in [1.807, 2.05) is 0 Å². The monoisotopic (exact) mass is 1660 g/mol. The maximum Gasteiger partial charge on any atom is 3.00 e. The normalized spacial score (nSPS) is 14.5. The molecule has 96 heavy (non-hydrogen) atoms. The van der Waals surface area contributed by atoms with Gasteiger partial charge in [0.2, 0.25) is 0 Å². The van der Waals surface area contributed by atoms with Crippen LogP contribution < -0.4 is 42.5 Å². The third-order valence-corrected chi connectivity index (χ3v) is 9.85. The number of nitrogens with zero attached hydrogens (tertiary/aromatic N) is 6. The van der Waals surface area contributed by atoms with Gasteiger partial charge in [-0.25, -0.2) is 50.5 Å². The summed E-state index contributed by atoms with van der Waals surface area (Å²) in [5, 5.41) is 71.3. The second kappa shape index (κ2) is 70.7. The van der Waals surface area contributed by atoms with Crippen LogP contribution in [-0.4, -0.2) is 216 Å². The molecule has 32 nitrogen and oxygen atoms in total. The molecule has 2 aliphatic heterocycles. The SMILES string of the molecule is C1CNCCNCCCNCCNC1.C1CNCCNCCCNCCNC1.CC#N.CC#N.CC#N.CC#N.CC#N.CC#N.O=S(=O)([O-])C(F)(F)F.O=S(=O)([O-])C(F)(F)F.O=S(=O)([O-])C(F)(F)F.O=S(=O)([O-])C(F)(F)F.O=S(=O)([O-])C(F)(F)F.O=S(=O)([O-])C(F)(F)F.[Ni+3].[Ni+3]. The van der Waals surface area contributed by atoms with E-state index in [2.05, 4.69) is 42.5 Å². The molecule has 2 radical (unpaired) electrons. The van der Waals surface area contributed by atoms with E-state index < -0.39 is 93.8 Å². The number of alkyl halides is 18. The predicted octanol–water partition coefficient (Wildman–Crippen LogP) is 1.76. The van der Waals surface area contributed by atoms with Gasteiger partial charge >= 0.3 is 66.0 Å². The van der Waals surface area contributed by atoms with E-state index in [0.29, 0.717) is 0 Å². The molecule has 0 unspecified atom stereocenters. The van der Waals surface area contributed by atoms with Crippen LogP contribution in [0.3, 0.4) is 0 Å². The van der Waals surface area contributed by atoms with Crippen molar-refractivity contribution in [2.75, 3.05) is 105 Å². The third-order valence-electron chi connectivity index (χ3n) is 6.44. The van der Waals surface area contributed by atoms with Crippen molar-refractivity contribution in [2.45, 2.75) is 100 Å². The molecular weight excluding hydrogens is 1590 g/mol. The van der Waals surface area contributed by atoms with Gasteiger partial charge in [0.05, 0.1) is 36.4 Å². The summed E-state index contributed by atoms with van der Waals surface area (Å²) in [6.07, 6.45) is 4.89. The van der Waals surface area contributed by atoms with Crippen LogP contribution in [0.15, 0.2) is 0 Å². The molecule has 0 aromatic carbocycles. The number of hydrogen-bond donors (Lipinski definition) is 8. The maximum atomic E-state index is 10.7. The summed E-state index contributed by atoms with van der Waals surface area (Å²) in [6, 6.07) is 10.5. The summed E-state index contributed by atoms with van der Waals surface area (Å²) in [5.41, 5.74) is -33.9. The van der Waals surface area contributed by atoms with Crippen LogP contribution in [0.4, 0.5) is 79.0 Å². The van der Waals surface area contributed by atoms with Crippen LogP contribution >= 0.6 is 0 Å². The Morgan fingerprint density at radius 3 is 0.323 bits per heavy atom. The second-order valence-electron chi connectivity index (χ2n) is 14.2. The zero-order chi connectivity index (χ0) is 78.0. The Balaban J connectivity index is -0.0000000648. The Morgan fingerprint density at radius 1 is 0.229 bits per heavy atom. The molecule has 2 aliphatic rings. The summed E-state index contributed by atoms with van der Waals surface area (Å²) in [7, 11) is -36.5. The second-order valence-corrected chi connectivity index (χ2v) is 22.4. The predicted molar refractivity (Wildman–Crippen MR) is 284 cm³/mol. The number of nitriles is 6. The van der Waals surface area contributed by atoms with Gasteiger partial charge < -0.3 is 69.9 Å². The average Bonchev–Trinajstić information content (AvgIpc) is 1.38. The van der Waals surface area contributed by atoms with Crippen molar-refractivity contribution < 1.29 is 190 Å². The molecule has 0 atom stereocenters. The fraction of sp³-hybridized carbons (Fsp3) is 0.842. The first-order valence-corrected chi connectivity index (χ1v) is 32.1. The summed E-state index contributed by atoms with van der Waals surface area (Å²) in [4.78, 5) is 0. The Morgan fingerprint density at radius 2 is 0.281 bits per heavy atom. The van der Waals surface area contributed by atoms with Crippen molar-refractivity contribution in [3.63, 3.8) is 0 Å². The molecule has 0 aromatic rings. The quantitative estimate of drug-likeness (QED) is 0.0741. The van der Waals surface area contributed by atoms with Crippen molar-refractivity contribution in [2.24, 2.45) is 0 Å². The Labute approximate surface area is 563 Å². The van der Waals surface area contributed by atoms with Gasteiger partial charge in [0.1, 0.15) is 0 Å². The molecule has 578 valence electrons. The fourth-order valence-electron chi connectivity index (χ4n) is 3.06. The summed E-state index contributed by atoms with van der Waals surface area (Å²) in [5.74, 6) is 0. The van der Waals surface area contributed by atoms with Gasteiger partial charge in [0.25, 0.3) is 0 Å².